The average Bonchev–Trinajstić information content (AvgIpc) is 2.38. The molecule has 0 saturated carbocycles. The summed E-state index contributed by atoms with van der Waals surface area (Å²) in [5.74, 6) is 0.212. The van der Waals surface area contributed by atoms with Crippen molar-refractivity contribution in [1.29, 1.82) is 0 Å². The molecule has 0 aliphatic carbocycles. The Labute approximate surface area is 117 Å². The molecular weight excluding hydrogens is 278 g/mol. The summed E-state index contributed by atoms with van der Waals surface area (Å²) in [6.07, 6.45) is 0. The summed E-state index contributed by atoms with van der Waals surface area (Å²) < 4.78 is 29.8. The Hall–Kier alpha value is -2.21. The number of hydrogen-bond acceptors (Lipinski definition) is 5. The highest BCUT2D eigenvalue weighted by atomic mass is 32.2. The highest BCUT2D eigenvalue weighted by Crippen LogP contribution is 2.27. The molecule has 0 fully saturated rings. The van der Waals surface area contributed by atoms with Gasteiger partial charge in [-0.05, 0) is 29.8 Å². The largest absolute Gasteiger partial charge is 0.508 e. The van der Waals surface area contributed by atoms with Crippen molar-refractivity contribution in [2.75, 3.05) is 12.8 Å². The standard InChI is InChI=1S/C14H15NO4S/c1-19-12-5-6-13(15)14(8-12)20(17,18)9-10-3-2-4-11(16)7-10/h2-8,16H,9,15H2,1H3. The summed E-state index contributed by atoms with van der Waals surface area (Å²) in [4.78, 5) is 0.0280. The van der Waals surface area contributed by atoms with Gasteiger partial charge < -0.3 is 15.6 Å². The van der Waals surface area contributed by atoms with Gasteiger partial charge in [0.05, 0.1) is 23.4 Å². The van der Waals surface area contributed by atoms with Crippen LogP contribution in [0.15, 0.2) is 47.4 Å². The first-order valence-electron chi connectivity index (χ1n) is 5.86. The fourth-order valence-electron chi connectivity index (χ4n) is 1.85. The number of phenolic OH excluding ortho intramolecular Hbond substituents is 1. The van der Waals surface area contributed by atoms with Gasteiger partial charge in [-0.2, -0.15) is 0 Å². The van der Waals surface area contributed by atoms with E-state index in [1.807, 2.05) is 0 Å². The molecule has 2 aromatic rings. The van der Waals surface area contributed by atoms with Gasteiger partial charge in [0.1, 0.15) is 11.5 Å². The molecule has 2 aromatic carbocycles. The van der Waals surface area contributed by atoms with Crippen LogP contribution in [0.5, 0.6) is 11.5 Å². The van der Waals surface area contributed by atoms with Crippen LogP contribution in [0, 0.1) is 0 Å². The minimum atomic E-state index is -3.61. The van der Waals surface area contributed by atoms with Crippen LogP contribution in [0.3, 0.4) is 0 Å². The number of phenols is 1. The zero-order valence-corrected chi connectivity index (χ0v) is 11.7. The smallest absolute Gasteiger partial charge is 0.184 e. The lowest BCUT2D eigenvalue weighted by atomic mass is 10.2. The Kier molecular flexibility index (Phi) is 3.85. The highest BCUT2D eigenvalue weighted by molar-refractivity contribution is 7.90. The van der Waals surface area contributed by atoms with E-state index in [0.717, 1.165) is 0 Å². The third-order valence-corrected chi connectivity index (χ3v) is 4.56. The van der Waals surface area contributed by atoms with Crippen LogP contribution >= 0.6 is 0 Å². The van der Waals surface area contributed by atoms with Gasteiger partial charge in [0.2, 0.25) is 0 Å². The fourth-order valence-corrected chi connectivity index (χ4v) is 3.35. The second-order valence-corrected chi connectivity index (χ2v) is 6.29. The zero-order valence-electron chi connectivity index (χ0n) is 10.9. The minimum Gasteiger partial charge on any atom is -0.508 e. The molecule has 6 heteroatoms. The van der Waals surface area contributed by atoms with E-state index in [1.54, 1.807) is 18.2 Å². The molecule has 2 rings (SSSR count). The summed E-state index contributed by atoms with van der Waals surface area (Å²) in [5, 5.41) is 9.38. The normalized spacial score (nSPS) is 11.2. The van der Waals surface area contributed by atoms with Gasteiger partial charge in [0, 0.05) is 6.07 Å². The molecular formula is C14H15NO4S. The lowest BCUT2D eigenvalue weighted by Crippen LogP contribution is -2.08. The number of hydrogen-bond donors (Lipinski definition) is 2. The molecule has 3 N–H and O–H groups in total. The highest BCUT2D eigenvalue weighted by Gasteiger charge is 2.19. The Morgan fingerprint density at radius 3 is 2.60 bits per heavy atom. The first-order valence-corrected chi connectivity index (χ1v) is 7.52. The fraction of sp³-hybridized carbons (Fsp3) is 0.143. The molecule has 0 saturated heterocycles. The Balaban J connectivity index is 2.40. The number of benzene rings is 2. The Morgan fingerprint density at radius 1 is 1.20 bits per heavy atom. The van der Waals surface area contributed by atoms with E-state index in [-0.39, 0.29) is 22.1 Å². The van der Waals surface area contributed by atoms with Crippen LogP contribution in [0.4, 0.5) is 5.69 Å². The predicted molar refractivity (Wildman–Crippen MR) is 76.4 cm³/mol. The Bertz CT molecular complexity index is 726. The van der Waals surface area contributed by atoms with Crippen LogP contribution in [-0.4, -0.2) is 20.6 Å². The minimum absolute atomic E-state index is 0.0244. The van der Waals surface area contributed by atoms with E-state index in [4.69, 9.17) is 10.5 Å². The van der Waals surface area contributed by atoms with E-state index in [0.29, 0.717) is 11.3 Å². The molecule has 106 valence electrons. The van der Waals surface area contributed by atoms with Crippen molar-refractivity contribution in [3.63, 3.8) is 0 Å². The van der Waals surface area contributed by atoms with Crippen molar-refractivity contribution in [3.05, 3.63) is 48.0 Å². The third kappa shape index (κ3) is 3.03. The molecule has 0 bridgehead atoms. The summed E-state index contributed by atoms with van der Waals surface area (Å²) in [6.45, 7) is 0. The molecule has 0 spiro atoms. The molecule has 5 nitrogen and oxygen atoms in total. The van der Waals surface area contributed by atoms with E-state index in [2.05, 4.69) is 0 Å². The SMILES string of the molecule is COc1ccc(N)c(S(=O)(=O)Cc2cccc(O)c2)c1. The number of rotatable bonds is 4. The van der Waals surface area contributed by atoms with E-state index in [1.165, 1.54) is 31.4 Å². The Morgan fingerprint density at radius 2 is 1.95 bits per heavy atom. The van der Waals surface area contributed by atoms with Crippen molar-refractivity contribution in [1.82, 2.24) is 0 Å². The van der Waals surface area contributed by atoms with E-state index in [9.17, 15) is 13.5 Å². The summed E-state index contributed by atoms with van der Waals surface area (Å²) >= 11 is 0. The average molecular weight is 293 g/mol. The van der Waals surface area contributed by atoms with Crippen LogP contribution in [-0.2, 0) is 15.6 Å². The van der Waals surface area contributed by atoms with Gasteiger partial charge in [-0.15, -0.1) is 0 Å². The molecule has 0 heterocycles. The number of anilines is 1. The van der Waals surface area contributed by atoms with Gasteiger partial charge in [-0.3, -0.25) is 0 Å². The van der Waals surface area contributed by atoms with Crippen molar-refractivity contribution in [2.24, 2.45) is 0 Å². The van der Waals surface area contributed by atoms with Crippen molar-refractivity contribution in [3.8, 4) is 11.5 Å². The number of ether oxygens (including phenoxy) is 1. The molecule has 0 aromatic heterocycles. The monoisotopic (exact) mass is 293 g/mol. The summed E-state index contributed by atoms with van der Waals surface area (Å²) in [5.41, 5.74) is 6.39. The predicted octanol–water partition coefficient (Wildman–Crippen LogP) is 1.96. The van der Waals surface area contributed by atoms with E-state index < -0.39 is 9.84 Å². The zero-order chi connectivity index (χ0) is 14.8. The second-order valence-electron chi connectivity index (χ2n) is 4.33. The van der Waals surface area contributed by atoms with Crippen molar-refractivity contribution >= 4 is 15.5 Å². The number of aromatic hydroxyl groups is 1. The van der Waals surface area contributed by atoms with Crippen LogP contribution in [0.2, 0.25) is 0 Å². The first-order chi connectivity index (χ1) is 9.42. The van der Waals surface area contributed by atoms with Crippen LogP contribution in [0.1, 0.15) is 5.56 Å². The van der Waals surface area contributed by atoms with Crippen molar-refractivity contribution in [2.45, 2.75) is 10.6 Å². The second kappa shape index (κ2) is 5.42. The molecule has 0 radical (unpaired) electrons. The van der Waals surface area contributed by atoms with Crippen LogP contribution < -0.4 is 10.5 Å². The topological polar surface area (TPSA) is 89.6 Å². The van der Waals surface area contributed by atoms with Crippen molar-refractivity contribution < 1.29 is 18.3 Å². The molecule has 20 heavy (non-hydrogen) atoms. The van der Waals surface area contributed by atoms with Gasteiger partial charge in [0.25, 0.3) is 0 Å². The molecule has 0 unspecified atom stereocenters. The summed E-state index contributed by atoms with van der Waals surface area (Å²) in [6, 6.07) is 10.6. The lowest BCUT2D eigenvalue weighted by molar-refractivity contribution is 0.413. The lowest BCUT2D eigenvalue weighted by Gasteiger charge is -2.09. The maximum atomic E-state index is 12.4. The summed E-state index contributed by atoms with van der Waals surface area (Å²) in [7, 11) is -2.15. The number of nitrogens with two attached hydrogens (primary N) is 1. The molecule has 0 aliphatic heterocycles. The molecule has 0 aliphatic rings. The van der Waals surface area contributed by atoms with Gasteiger partial charge >= 0.3 is 0 Å². The van der Waals surface area contributed by atoms with E-state index >= 15 is 0 Å². The molecule has 0 amide bonds. The number of sulfone groups is 1. The van der Waals surface area contributed by atoms with Gasteiger partial charge in [-0.25, -0.2) is 8.42 Å². The molecule has 0 atom stereocenters. The quantitative estimate of drug-likeness (QED) is 0.841. The maximum Gasteiger partial charge on any atom is 0.184 e. The maximum absolute atomic E-state index is 12.4. The first kappa shape index (κ1) is 14.2. The number of nitrogen functional groups attached to an aromatic ring is 1. The third-order valence-electron chi connectivity index (χ3n) is 2.82. The van der Waals surface area contributed by atoms with Gasteiger partial charge in [0.15, 0.2) is 9.84 Å². The number of methoxy groups -OCH3 is 1. The van der Waals surface area contributed by atoms with Crippen LogP contribution in [0.25, 0.3) is 0 Å². The van der Waals surface area contributed by atoms with Gasteiger partial charge in [-0.1, -0.05) is 12.1 Å².